The summed E-state index contributed by atoms with van der Waals surface area (Å²) in [6.45, 7) is 6.12. The minimum absolute atomic E-state index is 0. The van der Waals surface area contributed by atoms with E-state index in [2.05, 4.69) is 32.1 Å². The molecule has 0 spiro atoms. The van der Waals surface area contributed by atoms with Gasteiger partial charge >= 0.3 is 35.5 Å². The number of carbonyl (C=O) groups is 2. The van der Waals surface area contributed by atoms with Crippen molar-refractivity contribution in [3.8, 4) is 0 Å². The van der Waals surface area contributed by atoms with Crippen LogP contribution in [0, 0.1) is 23.7 Å². The van der Waals surface area contributed by atoms with Crippen molar-refractivity contribution in [3.05, 3.63) is 23.8 Å². The Morgan fingerprint density at radius 2 is 1.97 bits per heavy atom. The van der Waals surface area contributed by atoms with Crippen LogP contribution in [-0.2, 0) is 14.3 Å². The Kier molecular flexibility index (Phi) is 12.6. The monoisotopic (exact) mass is 444 g/mol. The summed E-state index contributed by atoms with van der Waals surface area (Å²) in [7, 11) is 0. The molecule has 0 saturated heterocycles. The van der Waals surface area contributed by atoms with E-state index < -0.39 is 24.6 Å². The van der Waals surface area contributed by atoms with Crippen LogP contribution in [0.3, 0.4) is 0 Å². The zero-order chi connectivity index (χ0) is 22.3. The molecule has 7 atom stereocenters. The summed E-state index contributed by atoms with van der Waals surface area (Å²) < 4.78 is 5.98. The SMILES string of the molecule is CCC[C@H](C)C(=O)O[C@H]1CCC=C2C=C[C@H](C)[C@H](CC[C@@H](O)C[C@@H](O)CC(=O)[O-])[C@H]21.[Na+]. The fourth-order valence-corrected chi connectivity index (χ4v) is 4.86. The van der Waals surface area contributed by atoms with Gasteiger partial charge in [0.25, 0.3) is 0 Å². The van der Waals surface area contributed by atoms with E-state index in [1.54, 1.807) is 0 Å². The number of aliphatic hydroxyl groups is 2. The molecule has 2 rings (SSSR count). The molecule has 0 heterocycles. The average molecular weight is 445 g/mol. The molecule has 2 aliphatic rings. The maximum atomic E-state index is 12.6. The van der Waals surface area contributed by atoms with Crippen molar-refractivity contribution < 1.29 is 59.2 Å². The van der Waals surface area contributed by atoms with Crippen LogP contribution in [0.1, 0.15) is 72.1 Å². The van der Waals surface area contributed by atoms with Gasteiger partial charge in [-0.2, -0.15) is 0 Å². The van der Waals surface area contributed by atoms with Crippen LogP contribution in [-0.4, -0.2) is 40.5 Å². The first kappa shape index (κ1) is 28.4. The van der Waals surface area contributed by atoms with E-state index in [-0.39, 0.29) is 71.7 Å². The van der Waals surface area contributed by atoms with Gasteiger partial charge in [0, 0.05) is 18.3 Å². The Morgan fingerprint density at radius 3 is 2.61 bits per heavy atom. The molecule has 0 unspecified atom stereocenters. The number of carboxylic acids is 1. The molecule has 2 aliphatic carbocycles. The predicted molar refractivity (Wildman–Crippen MR) is 112 cm³/mol. The zero-order valence-electron chi connectivity index (χ0n) is 19.5. The van der Waals surface area contributed by atoms with Crippen LogP contribution < -0.4 is 34.7 Å². The summed E-state index contributed by atoms with van der Waals surface area (Å²) >= 11 is 0. The topological polar surface area (TPSA) is 107 Å². The van der Waals surface area contributed by atoms with Crippen LogP contribution in [0.15, 0.2) is 23.8 Å². The third-order valence-electron chi connectivity index (χ3n) is 6.52. The Hall–Kier alpha value is -0.660. The van der Waals surface area contributed by atoms with Crippen molar-refractivity contribution >= 4 is 11.9 Å². The molecule has 0 aliphatic heterocycles. The van der Waals surface area contributed by atoms with Crippen molar-refractivity contribution in [2.24, 2.45) is 23.7 Å². The summed E-state index contributed by atoms with van der Waals surface area (Å²) in [5, 5.41) is 30.6. The second-order valence-electron chi connectivity index (χ2n) is 9.05. The summed E-state index contributed by atoms with van der Waals surface area (Å²) in [5.41, 5.74) is 1.21. The van der Waals surface area contributed by atoms with Gasteiger partial charge in [0.15, 0.2) is 0 Å². The number of rotatable bonds is 11. The maximum Gasteiger partial charge on any atom is 1.00 e. The predicted octanol–water partition coefficient (Wildman–Crippen LogP) is -0.471. The minimum Gasteiger partial charge on any atom is -0.550 e. The van der Waals surface area contributed by atoms with Gasteiger partial charge in [-0.25, -0.2) is 0 Å². The largest absolute Gasteiger partial charge is 1.00 e. The van der Waals surface area contributed by atoms with Gasteiger partial charge in [-0.1, -0.05) is 45.4 Å². The maximum absolute atomic E-state index is 12.6. The van der Waals surface area contributed by atoms with Crippen LogP contribution in [0.4, 0.5) is 0 Å². The van der Waals surface area contributed by atoms with Gasteiger partial charge in [-0.05, 0) is 55.9 Å². The Labute approximate surface area is 208 Å². The molecule has 0 aromatic rings. The normalized spacial score (nSPS) is 27.8. The molecule has 6 nitrogen and oxygen atoms in total. The number of carbonyl (C=O) groups excluding carboxylic acids is 2. The number of aliphatic carboxylic acids is 1. The number of allylic oxidation sites excluding steroid dienone is 3. The van der Waals surface area contributed by atoms with Crippen molar-refractivity contribution in [1.82, 2.24) is 0 Å². The van der Waals surface area contributed by atoms with Gasteiger partial charge < -0.3 is 24.9 Å². The fourth-order valence-electron chi connectivity index (χ4n) is 4.86. The van der Waals surface area contributed by atoms with E-state index in [0.29, 0.717) is 12.8 Å². The number of aliphatic hydroxyl groups excluding tert-OH is 2. The number of carboxylic acid groups (broad SMARTS) is 1. The molecule has 2 N–H and O–H groups in total. The quantitative estimate of drug-likeness (QED) is 0.330. The molecule has 170 valence electrons. The fraction of sp³-hybridized carbons (Fsp3) is 0.750. The summed E-state index contributed by atoms with van der Waals surface area (Å²) in [5.74, 6) is -0.953. The number of ether oxygens (including phenoxy) is 1. The molecule has 0 amide bonds. The van der Waals surface area contributed by atoms with E-state index in [4.69, 9.17) is 4.74 Å². The Balaban J connectivity index is 0.00000480. The Morgan fingerprint density at radius 1 is 1.26 bits per heavy atom. The summed E-state index contributed by atoms with van der Waals surface area (Å²) in [4.78, 5) is 23.2. The third-order valence-corrected chi connectivity index (χ3v) is 6.52. The van der Waals surface area contributed by atoms with Crippen molar-refractivity contribution in [2.75, 3.05) is 0 Å². The standard InChI is InChI=1S/C24H38O6.Na/c1-4-6-16(3)24(29)30-21-8-5-7-17-10-9-15(2)20(23(17)21)12-11-18(25)13-19(26)14-22(27)28;/h7,9-10,15-16,18-21,23,25-26H,4-6,8,11-14H2,1-3H3,(H,27,28);/q;+1/p-1/t15-,16-,18+,19+,20-,21-,23-;/m0./s1. The first-order valence-electron chi connectivity index (χ1n) is 11.4. The molecule has 0 bridgehead atoms. The zero-order valence-corrected chi connectivity index (χ0v) is 21.5. The number of hydrogen-bond donors (Lipinski definition) is 2. The van der Waals surface area contributed by atoms with Crippen LogP contribution >= 0.6 is 0 Å². The molecule has 0 saturated carbocycles. The number of esters is 1. The smallest absolute Gasteiger partial charge is 0.550 e. The Bertz CT molecular complexity index is 646. The van der Waals surface area contributed by atoms with Gasteiger partial charge in [-0.3, -0.25) is 4.79 Å². The minimum atomic E-state index is -1.32. The average Bonchev–Trinajstić information content (AvgIpc) is 2.66. The van der Waals surface area contributed by atoms with Crippen LogP contribution in [0.5, 0.6) is 0 Å². The molecule has 0 fully saturated rings. The van der Waals surface area contributed by atoms with E-state index in [1.165, 1.54) is 5.57 Å². The second kappa shape index (κ2) is 13.8. The van der Waals surface area contributed by atoms with Crippen LogP contribution in [0.25, 0.3) is 0 Å². The van der Waals surface area contributed by atoms with Gasteiger partial charge in [0.1, 0.15) is 6.10 Å². The molecular formula is C24H37NaO6. The molecule has 0 aromatic carbocycles. The van der Waals surface area contributed by atoms with Gasteiger partial charge in [0.2, 0.25) is 0 Å². The van der Waals surface area contributed by atoms with E-state index in [0.717, 1.165) is 25.7 Å². The summed E-state index contributed by atoms with van der Waals surface area (Å²) in [6, 6.07) is 0. The summed E-state index contributed by atoms with van der Waals surface area (Å²) in [6.07, 6.45) is 8.68. The molecule has 7 heteroatoms. The first-order valence-corrected chi connectivity index (χ1v) is 11.4. The molecule has 31 heavy (non-hydrogen) atoms. The van der Waals surface area contributed by atoms with Gasteiger partial charge in [-0.15, -0.1) is 0 Å². The first-order chi connectivity index (χ1) is 14.2. The van der Waals surface area contributed by atoms with Crippen molar-refractivity contribution in [3.63, 3.8) is 0 Å². The van der Waals surface area contributed by atoms with Crippen molar-refractivity contribution in [1.29, 1.82) is 0 Å². The van der Waals surface area contributed by atoms with Crippen LogP contribution in [0.2, 0.25) is 0 Å². The molecule has 0 aromatic heterocycles. The van der Waals surface area contributed by atoms with E-state index in [9.17, 15) is 24.9 Å². The molecule has 0 radical (unpaired) electrons. The third kappa shape index (κ3) is 8.65. The van der Waals surface area contributed by atoms with Gasteiger partial charge in [0.05, 0.1) is 18.1 Å². The molecular weight excluding hydrogens is 407 g/mol. The van der Waals surface area contributed by atoms with E-state index in [1.807, 2.05) is 6.92 Å². The number of fused-ring (bicyclic) bond motifs is 1. The number of hydrogen-bond acceptors (Lipinski definition) is 6. The second-order valence-corrected chi connectivity index (χ2v) is 9.05. The van der Waals surface area contributed by atoms with E-state index >= 15 is 0 Å². The van der Waals surface area contributed by atoms with Crippen molar-refractivity contribution in [2.45, 2.75) is 90.4 Å².